The molecular formula is C21H23N3O5. The number of rotatable bonds is 6. The van der Waals surface area contributed by atoms with Crippen LogP contribution in [-0.2, 0) is 4.79 Å². The second kappa shape index (κ2) is 8.55. The maximum Gasteiger partial charge on any atom is 0.319 e. The Morgan fingerprint density at radius 1 is 0.966 bits per heavy atom. The highest BCUT2D eigenvalue weighted by molar-refractivity contribution is 6.07. The summed E-state index contributed by atoms with van der Waals surface area (Å²) in [5.41, 5.74) is 2.05. The summed E-state index contributed by atoms with van der Waals surface area (Å²) in [6.45, 7) is 1.68. The Hall–Kier alpha value is -3.68. The van der Waals surface area contributed by atoms with E-state index in [2.05, 4.69) is 16.0 Å². The molecule has 0 spiro atoms. The molecule has 0 fully saturated rings. The molecule has 0 bridgehead atoms. The molecule has 1 aliphatic heterocycles. The molecule has 152 valence electrons. The Morgan fingerprint density at radius 2 is 1.66 bits per heavy atom. The first kappa shape index (κ1) is 20.1. The zero-order chi connectivity index (χ0) is 21.0. The summed E-state index contributed by atoms with van der Waals surface area (Å²) in [4.78, 5) is 25.2. The highest BCUT2D eigenvalue weighted by atomic mass is 16.5. The number of carbonyl (C=O) groups is 2. The molecule has 0 saturated heterocycles. The summed E-state index contributed by atoms with van der Waals surface area (Å²) in [5.74, 6) is 1.23. The monoisotopic (exact) mass is 397 g/mol. The van der Waals surface area contributed by atoms with Gasteiger partial charge in [0.2, 0.25) is 0 Å². The average Bonchev–Trinajstić information content (AvgIpc) is 2.72. The minimum atomic E-state index is -0.668. The Balaban J connectivity index is 1.99. The van der Waals surface area contributed by atoms with Gasteiger partial charge in [-0.05, 0) is 36.8 Å². The number of allylic oxidation sites excluding steroid dienone is 1. The van der Waals surface area contributed by atoms with Crippen molar-refractivity contribution in [2.45, 2.75) is 13.0 Å². The lowest BCUT2D eigenvalue weighted by Gasteiger charge is -2.29. The molecule has 0 unspecified atom stereocenters. The zero-order valence-corrected chi connectivity index (χ0v) is 16.7. The summed E-state index contributed by atoms with van der Waals surface area (Å²) >= 11 is 0. The smallest absolute Gasteiger partial charge is 0.319 e. The fraction of sp³-hybridized carbons (Fsp3) is 0.238. The van der Waals surface area contributed by atoms with E-state index in [9.17, 15) is 9.59 Å². The third kappa shape index (κ3) is 4.11. The van der Waals surface area contributed by atoms with Gasteiger partial charge < -0.3 is 30.2 Å². The van der Waals surface area contributed by atoms with Crippen LogP contribution in [0.5, 0.6) is 17.2 Å². The fourth-order valence-electron chi connectivity index (χ4n) is 3.21. The number of hydrogen-bond acceptors (Lipinski definition) is 5. The van der Waals surface area contributed by atoms with E-state index in [0.29, 0.717) is 39.8 Å². The normalized spacial score (nSPS) is 15.9. The van der Waals surface area contributed by atoms with Crippen LogP contribution in [0.2, 0.25) is 0 Å². The Morgan fingerprint density at radius 3 is 2.34 bits per heavy atom. The summed E-state index contributed by atoms with van der Waals surface area (Å²) in [7, 11) is 4.60. The van der Waals surface area contributed by atoms with Gasteiger partial charge in [0.25, 0.3) is 5.91 Å². The molecule has 3 N–H and O–H groups in total. The third-order valence-electron chi connectivity index (χ3n) is 4.61. The molecule has 0 aromatic heterocycles. The predicted molar refractivity (Wildman–Crippen MR) is 108 cm³/mol. The van der Waals surface area contributed by atoms with E-state index in [-0.39, 0.29) is 5.91 Å². The molecule has 1 heterocycles. The SMILES string of the molecule is COc1ccccc1NC(=O)C1=C(C)NC(=O)N[C@@H]1c1ccc(OC)c(OC)c1. The van der Waals surface area contributed by atoms with Gasteiger partial charge in [-0.3, -0.25) is 4.79 Å². The highest BCUT2D eigenvalue weighted by Crippen LogP contribution is 2.35. The third-order valence-corrected chi connectivity index (χ3v) is 4.61. The van der Waals surface area contributed by atoms with Crippen LogP contribution in [0.4, 0.5) is 10.5 Å². The number of nitrogens with one attached hydrogen (secondary N) is 3. The average molecular weight is 397 g/mol. The summed E-state index contributed by atoms with van der Waals surface area (Å²) in [5, 5.41) is 8.32. The highest BCUT2D eigenvalue weighted by Gasteiger charge is 2.32. The lowest BCUT2D eigenvalue weighted by atomic mass is 9.94. The molecule has 3 rings (SSSR count). The van der Waals surface area contributed by atoms with Crippen molar-refractivity contribution in [3.63, 3.8) is 0 Å². The Bertz CT molecular complexity index is 971. The van der Waals surface area contributed by atoms with Crippen LogP contribution in [0.1, 0.15) is 18.5 Å². The first-order valence-electron chi connectivity index (χ1n) is 8.93. The number of hydrogen-bond donors (Lipinski definition) is 3. The van der Waals surface area contributed by atoms with Crippen molar-refractivity contribution >= 4 is 17.6 Å². The van der Waals surface area contributed by atoms with Gasteiger partial charge in [0, 0.05) is 5.70 Å². The molecule has 8 heteroatoms. The van der Waals surface area contributed by atoms with Crippen molar-refractivity contribution in [2.75, 3.05) is 26.6 Å². The van der Waals surface area contributed by atoms with Gasteiger partial charge in [-0.15, -0.1) is 0 Å². The largest absolute Gasteiger partial charge is 0.495 e. The van der Waals surface area contributed by atoms with Crippen LogP contribution in [0, 0.1) is 0 Å². The number of anilines is 1. The van der Waals surface area contributed by atoms with Crippen LogP contribution in [-0.4, -0.2) is 33.3 Å². The lowest BCUT2D eigenvalue weighted by Crippen LogP contribution is -2.46. The molecule has 0 radical (unpaired) electrons. The van der Waals surface area contributed by atoms with Crippen LogP contribution in [0.15, 0.2) is 53.7 Å². The second-order valence-electron chi connectivity index (χ2n) is 6.34. The number of amides is 3. The summed E-state index contributed by atoms with van der Waals surface area (Å²) < 4.78 is 15.9. The number of para-hydroxylation sites is 2. The topological polar surface area (TPSA) is 97.9 Å². The molecule has 1 aliphatic rings. The van der Waals surface area contributed by atoms with Crippen molar-refractivity contribution < 1.29 is 23.8 Å². The van der Waals surface area contributed by atoms with E-state index >= 15 is 0 Å². The van der Waals surface area contributed by atoms with Gasteiger partial charge in [-0.2, -0.15) is 0 Å². The first-order valence-corrected chi connectivity index (χ1v) is 8.93. The van der Waals surface area contributed by atoms with Crippen molar-refractivity contribution in [3.05, 3.63) is 59.3 Å². The van der Waals surface area contributed by atoms with E-state index in [1.807, 2.05) is 6.07 Å². The number of benzene rings is 2. The maximum absolute atomic E-state index is 13.1. The molecule has 0 aliphatic carbocycles. The van der Waals surface area contributed by atoms with Crippen LogP contribution >= 0.6 is 0 Å². The van der Waals surface area contributed by atoms with Crippen LogP contribution in [0.3, 0.4) is 0 Å². The van der Waals surface area contributed by atoms with Gasteiger partial charge in [-0.1, -0.05) is 18.2 Å². The Kier molecular flexibility index (Phi) is 5.92. The molecular weight excluding hydrogens is 374 g/mol. The number of carbonyl (C=O) groups excluding carboxylic acids is 2. The van der Waals surface area contributed by atoms with E-state index in [1.54, 1.807) is 50.4 Å². The predicted octanol–water partition coefficient (Wildman–Crippen LogP) is 2.98. The zero-order valence-electron chi connectivity index (χ0n) is 16.7. The molecule has 2 aromatic rings. The molecule has 2 aromatic carbocycles. The lowest BCUT2D eigenvalue weighted by molar-refractivity contribution is -0.113. The van der Waals surface area contributed by atoms with Crippen LogP contribution in [0.25, 0.3) is 0 Å². The van der Waals surface area contributed by atoms with Crippen molar-refractivity contribution in [2.24, 2.45) is 0 Å². The number of methoxy groups -OCH3 is 3. The van der Waals surface area contributed by atoms with Crippen LogP contribution < -0.4 is 30.2 Å². The quantitative estimate of drug-likeness (QED) is 0.696. The van der Waals surface area contributed by atoms with E-state index in [0.717, 1.165) is 0 Å². The number of ether oxygens (including phenoxy) is 3. The fourth-order valence-corrected chi connectivity index (χ4v) is 3.21. The van der Waals surface area contributed by atoms with E-state index in [4.69, 9.17) is 14.2 Å². The minimum absolute atomic E-state index is 0.362. The van der Waals surface area contributed by atoms with Gasteiger partial charge in [-0.25, -0.2) is 4.79 Å². The standard InChI is InChI=1S/C21H23N3O5/c1-12-18(20(25)23-14-7-5-6-8-15(14)27-2)19(24-21(26)22-12)13-9-10-16(28-3)17(11-13)29-4/h5-11,19H,1-4H3,(H,23,25)(H2,22,24,26)/t19-/m1/s1. The van der Waals surface area contributed by atoms with Gasteiger partial charge in [0.1, 0.15) is 5.75 Å². The van der Waals surface area contributed by atoms with Crippen molar-refractivity contribution in [1.29, 1.82) is 0 Å². The minimum Gasteiger partial charge on any atom is -0.495 e. The summed E-state index contributed by atoms with van der Waals surface area (Å²) in [6.07, 6.45) is 0. The first-order chi connectivity index (χ1) is 14.0. The molecule has 29 heavy (non-hydrogen) atoms. The number of urea groups is 1. The molecule has 1 atom stereocenters. The van der Waals surface area contributed by atoms with E-state index < -0.39 is 12.1 Å². The molecule has 8 nitrogen and oxygen atoms in total. The summed E-state index contributed by atoms with van der Waals surface area (Å²) in [6, 6.07) is 11.3. The van der Waals surface area contributed by atoms with Gasteiger partial charge >= 0.3 is 6.03 Å². The molecule has 0 saturated carbocycles. The molecule has 3 amide bonds. The maximum atomic E-state index is 13.1. The second-order valence-corrected chi connectivity index (χ2v) is 6.34. The van der Waals surface area contributed by atoms with Gasteiger partial charge in [0.15, 0.2) is 11.5 Å². The van der Waals surface area contributed by atoms with Crippen molar-refractivity contribution in [1.82, 2.24) is 10.6 Å². The van der Waals surface area contributed by atoms with Gasteiger partial charge in [0.05, 0.1) is 38.6 Å². The Labute approximate surface area is 168 Å². The van der Waals surface area contributed by atoms with Crippen molar-refractivity contribution in [3.8, 4) is 17.2 Å². The van der Waals surface area contributed by atoms with E-state index in [1.165, 1.54) is 14.2 Å².